The Kier molecular flexibility index (Phi) is 6.16. The number of pyridine rings is 1. The van der Waals surface area contributed by atoms with Gasteiger partial charge in [0.25, 0.3) is 5.91 Å². The Bertz CT molecular complexity index is 1140. The van der Waals surface area contributed by atoms with E-state index in [9.17, 15) is 18.0 Å². The number of H-pyrrole nitrogens is 1. The number of carbonyl (C=O) groups is 1. The van der Waals surface area contributed by atoms with Crippen molar-refractivity contribution < 1.29 is 22.7 Å². The van der Waals surface area contributed by atoms with Gasteiger partial charge in [-0.15, -0.1) is 0 Å². The van der Waals surface area contributed by atoms with Crippen LogP contribution < -0.4 is 15.8 Å². The highest BCUT2D eigenvalue weighted by Crippen LogP contribution is 2.39. The number of amides is 1. The van der Waals surface area contributed by atoms with Crippen molar-refractivity contribution in [3.8, 4) is 11.5 Å². The number of aromatic nitrogens is 2. The molecule has 8 nitrogen and oxygen atoms in total. The van der Waals surface area contributed by atoms with Crippen LogP contribution in [0.1, 0.15) is 21.7 Å². The summed E-state index contributed by atoms with van der Waals surface area (Å²) in [7, 11) is 5.23. The van der Waals surface area contributed by atoms with E-state index in [1.165, 1.54) is 13.1 Å². The number of halogens is 3. The number of aromatic amines is 1. The van der Waals surface area contributed by atoms with E-state index < -0.39 is 17.6 Å². The molecule has 0 saturated heterocycles. The van der Waals surface area contributed by atoms with Crippen LogP contribution >= 0.6 is 0 Å². The van der Waals surface area contributed by atoms with Crippen LogP contribution in [0.3, 0.4) is 0 Å². The molecule has 0 aliphatic heterocycles. The normalized spacial score (nSPS) is 12.4. The third kappa shape index (κ3) is 5.12. The van der Waals surface area contributed by atoms with Crippen molar-refractivity contribution in [1.82, 2.24) is 20.2 Å². The lowest BCUT2D eigenvalue weighted by molar-refractivity contribution is -0.136. The fraction of sp³-hybridized carbons (Fsp3) is 0.250. The van der Waals surface area contributed by atoms with Gasteiger partial charge in [0.2, 0.25) is 0 Å². The second-order valence-corrected chi connectivity index (χ2v) is 6.96. The molecule has 3 rings (SSSR count). The molecule has 0 aliphatic carbocycles. The summed E-state index contributed by atoms with van der Waals surface area (Å²) in [5.41, 5.74) is 5.16. The van der Waals surface area contributed by atoms with E-state index in [4.69, 9.17) is 10.5 Å². The van der Waals surface area contributed by atoms with Gasteiger partial charge in [-0.05, 0) is 38.4 Å². The van der Waals surface area contributed by atoms with E-state index in [0.29, 0.717) is 12.3 Å². The molecule has 0 spiro atoms. The topological polar surface area (TPSA) is 109 Å². The first-order valence-electron chi connectivity index (χ1n) is 9.15. The summed E-state index contributed by atoms with van der Waals surface area (Å²) in [6, 6.07) is 6.48. The third-order valence-electron chi connectivity index (χ3n) is 4.26. The number of guanidine groups is 1. The van der Waals surface area contributed by atoms with E-state index in [2.05, 4.69) is 20.3 Å². The maximum Gasteiger partial charge on any atom is 0.417 e. The number of nitrogens with two attached hydrogens (primary N) is 1. The molecule has 0 saturated carbocycles. The number of hydrogen-bond donors (Lipinski definition) is 3. The molecule has 0 fully saturated rings. The molecule has 0 radical (unpaired) electrons. The van der Waals surface area contributed by atoms with Crippen molar-refractivity contribution >= 4 is 22.8 Å². The Hall–Kier alpha value is -3.60. The maximum atomic E-state index is 13.5. The Morgan fingerprint density at radius 1 is 1.29 bits per heavy atom. The molecule has 2 aromatic heterocycles. The van der Waals surface area contributed by atoms with Gasteiger partial charge >= 0.3 is 6.18 Å². The zero-order valence-corrected chi connectivity index (χ0v) is 17.0. The molecule has 0 bridgehead atoms. The van der Waals surface area contributed by atoms with E-state index in [-0.39, 0.29) is 28.3 Å². The highest BCUT2D eigenvalue weighted by Gasteiger charge is 2.34. The van der Waals surface area contributed by atoms with Crippen LogP contribution in [-0.2, 0) is 12.7 Å². The second kappa shape index (κ2) is 8.64. The fourth-order valence-corrected chi connectivity index (χ4v) is 2.92. The van der Waals surface area contributed by atoms with Gasteiger partial charge in [-0.3, -0.25) is 9.78 Å². The molecule has 31 heavy (non-hydrogen) atoms. The largest absolute Gasteiger partial charge is 0.455 e. The maximum absolute atomic E-state index is 13.5. The number of nitrogens with one attached hydrogen (secondary N) is 2. The monoisotopic (exact) mass is 434 g/mol. The molecule has 11 heteroatoms. The molecule has 1 amide bonds. The smallest absolute Gasteiger partial charge is 0.417 e. The molecule has 3 aromatic rings. The quantitative estimate of drug-likeness (QED) is 0.421. The van der Waals surface area contributed by atoms with Gasteiger partial charge in [-0.2, -0.15) is 18.2 Å². The molecule has 0 unspecified atom stereocenters. The van der Waals surface area contributed by atoms with Crippen LogP contribution in [-0.4, -0.2) is 47.9 Å². The summed E-state index contributed by atoms with van der Waals surface area (Å²) in [6.07, 6.45) is -3.07. The number of benzene rings is 1. The van der Waals surface area contributed by atoms with Crippen LogP contribution in [0.5, 0.6) is 11.5 Å². The van der Waals surface area contributed by atoms with Crippen LogP contribution in [0, 0.1) is 0 Å². The van der Waals surface area contributed by atoms with Crippen molar-refractivity contribution in [3.05, 3.63) is 53.5 Å². The predicted molar refractivity (Wildman–Crippen MR) is 110 cm³/mol. The molecular weight excluding hydrogens is 413 g/mol. The van der Waals surface area contributed by atoms with Crippen molar-refractivity contribution in [2.24, 2.45) is 10.7 Å². The van der Waals surface area contributed by atoms with Crippen LogP contribution in [0.4, 0.5) is 13.2 Å². The first-order valence-corrected chi connectivity index (χ1v) is 9.15. The third-order valence-corrected chi connectivity index (χ3v) is 4.26. The lowest BCUT2D eigenvalue weighted by Gasteiger charge is -2.13. The van der Waals surface area contributed by atoms with Gasteiger partial charge in [0, 0.05) is 31.2 Å². The van der Waals surface area contributed by atoms with Crippen molar-refractivity contribution in [2.75, 3.05) is 21.1 Å². The number of ether oxygens (including phenoxy) is 1. The Morgan fingerprint density at radius 2 is 2.03 bits per heavy atom. The second-order valence-electron chi connectivity index (χ2n) is 6.96. The molecule has 2 heterocycles. The summed E-state index contributed by atoms with van der Waals surface area (Å²) in [4.78, 5) is 24.7. The molecule has 0 atom stereocenters. The van der Waals surface area contributed by atoms with E-state index in [1.807, 2.05) is 19.0 Å². The Balaban J connectivity index is 2.07. The first kappa shape index (κ1) is 22.1. The standard InChI is InChI=1S/C20H21F3N6O2/c1-25-19(24)28-18(30)15-9-13-14(20(21,22)23)4-5-16(17(13)27-15)31-12-6-7-26-11(8-12)10-29(2)3/h4-9,27H,10H2,1-3H3,(H3,24,25,28,30). The van der Waals surface area contributed by atoms with Gasteiger partial charge in [-0.1, -0.05) is 0 Å². The first-order chi connectivity index (χ1) is 14.6. The number of alkyl halides is 3. The molecule has 1 aromatic carbocycles. The van der Waals surface area contributed by atoms with Crippen molar-refractivity contribution in [2.45, 2.75) is 12.7 Å². The van der Waals surface area contributed by atoms with Crippen molar-refractivity contribution in [3.63, 3.8) is 0 Å². The minimum absolute atomic E-state index is 0.0161. The number of fused-ring (bicyclic) bond motifs is 1. The van der Waals surface area contributed by atoms with Gasteiger partial charge in [0.15, 0.2) is 11.7 Å². The molecule has 0 aliphatic rings. The van der Waals surface area contributed by atoms with Gasteiger partial charge in [0.05, 0.1) is 16.8 Å². The average molecular weight is 434 g/mol. The molecule has 4 N–H and O–H groups in total. The highest BCUT2D eigenvalue weighted by molar-refractivity contribution is 6.05. The van der Waals surface area contributed by atoms with Crippen LogP contribution in [0.25, 0.3) is 10.9 Å². The number of rotatable bonds is 5. The van der Waals surface area contributed by atoms with E-state index >= 15 is 0 Å². The van der Waals surface area contributed by atoms with Gasteiger partial charge in [-0.25, -0.2) is 0 Å². The number of hydrogen-bond acceptors (Lipinski definition) is 4. The average Bonchev–Trinajstić information content (AvgIpc) is 3.12. The fourth-order valence-electron chi connectivity index (χ4n) is 2.92. The zero-order valence-electron chi connectivity index (χ0n) is 17.0. The van der Waals surface area contributed by atoms with Crippen molar-refractivity contribution in [1.29, 1.82) is 0 Å². The van der Waals surface area contributed by atoms with E-state index in [0.717, 1.165) is 17.8 Å². The number of nitrogens with zero attached hydrogens (tertiary/aromatic N) is 3. The number of carbonyl (C=O) groups excluding carboxylic acids is 1. The van der Waals surface area contributed by atoms with Crippen LogP contribution in [0.2, 0.25) is 0 Å². The summed E-state index contributed by atoms with van der Waals surface area (Å²) in [5.74, 6) is -0.469. The minimum Gasteiger partial charge on any atom is -0.455 e. The molecule has 164 valence electrons. The van der Waals surface area contributed by atoms with Crippen LogP contribution in [0.15, 0.2) is 41.5 Å². The zero-order chi connectivity index (χ0) is 22.8. The highest BCUT2D eigenvalue weighted by atomic mass is 19.4. The minimum atomic E-state index is -4.62. The summed E-state index contributed by atoms with van der Waals surface area (Å²) in [5, 5.41) is 2.26. The van der Waals surface area contributed by atoms with Gasteiger partial charge in [0.1, 0.15) is 11.4 Å². The Labute approximate surface area is 175 Å². The number of aliphatic imine (C=N–C) groups is 1. The summed E-state index contributed by atoms with van der Waals surface area (Å²) < 4.78 is 46.4. The summed E-state index contributed by atoms with van der Waals surface area (Å²) >= 11 is 0. The Morgan fingerprint density at radius 3 is 2.68 bits per heavy atom. The summed E-state index contributed by atoms with van der Waals surface area (Å²) in [6.45, 7) is 0.561. The lowest BCUT2D eigenvalue weighted by atomic mass is 10.1. The van der Waals surface area contributed by atoms with E-state index in [1.54, 1.807) is 18.3 Å². The molecular formula is C20H21F3N6O2. The van der Waals surface area contributed by atoms with Gasteiger partial charge < -0.3 is 25.7 Å². The lowest BCUT2D eigenvalue weighted by Crippen LogP contribution is -2.28. The predicted octanol–water partition coefficient (Wildman–Crippen LogP) is 3.11. The SMILES string of the molecule is CNC(N)=NC(=O)c1cc2c(C(F)(F)F)ccc(Oc3ccnc(CN(C)C)c3)c2[nH]1.